The van der Waals surface area contributed by atoms with Crippen molar-refractivity contribution in [2.45, 2.75) is 44.4 Å². The highest BCUT2D eigenvalue weighted by Crippen LogP contribution is 2.30. The third-order valence-electron chi connectivity index (χ3n) is 4.69. The molecule has 0 aromatic carbocycles. The minimum absolute atomic E-state index is 0.197. The number of furan rings is 1. The zero-order chi connectivity index (χ0) is 15.6. The Morgan fingerprint density at radius 2 is 2.39 bits per heavy atom. The molecule has 1 aliphatic carbocycles. The molecule has 2 aliphatic rings. The number of morpholine rings is 1. The third kappa shape index (κ3) is 3.35. The van der Waals surface area contributed by atoms with Gasteiger partial charge in [-0.1, -0.05) is 0 Å². The number of hydrogen-bond acceptors (Lipinski definition) is 6. The van der Waals surface area contributed by atoms with Gasteiger partial charge in [-0.3, -0.25) is 4.90 Å². The Morgan fingerprint density at radius 1 is 1.43 bits per heavy atom. The molecule has 1 saturated heterocycles. The summed E-state index contributed by atoms with van der Waals surface area (Å²) in [4.78, 5) is 8.67. The van der Waals surface area contributed by atoms with Crippen molar-refractivity contribution >= 4 is 11.3 Å². The van der Waals surface area contributed by atoms with E-state index >= 15 is 0 Å². The molecule has 6 heteroatoms. The van der Waals surface area contributed by atoms with E-state index in [1.54, 1.807) is 6.26 Å². The average molecular weight is 334 g/mol. The summed E-state index contributed by atoms with van der Waals surface area (Å²) in [5.41, 5.74) is 1.31. The first-order valence-electron chi connectivity index (χ1n) is 8.30. The molecule has 1 aliphatic heterocycles. The van der Waals surface area contributed by atoms with Crippen molar-refractivity contribution in [3.05, 3.63) is 39.7 Å². The van der Waals surface area contributed by atoms with Gasteiger partial charge in [0.2, 0.25) is 0 Å². The van der Waals surface area contributed by atoms with Gasteiger partial charge in [-0.05, 0) is 37.8 Å². The molecule has 2 unspecified atom stereocenters. The summed E-state index contributed by atoms with van der Waals surface area (Å²) in [7, 11) is 0. The first-order chi connectivity index (χ1) is 11.3. The predicted molar refractivity (Wildman–Crippen MR) is 87.4 cm³/mol. The molecule has 2 atom stereocenters. The summed E-state index contributed by atoms with van der Waals surface area (Å²) >= 11 is 1.86. The fourth-order valence-electron chi connectivity index (χ4n) is 3.45. The van der Waals surface area contributed by atoms with E-state index in [1.807, 2.05) is 23.5 Å². The van der Waals surface area contributed by atoms with Gasteiger partial charge in [0.05, 0.1) is 31.7 Å². The van der Waals surface area contributed by atoms with E-state index in [0.29, 0.717) is 18.8 Å². The lowest BCUT2D eigenvalue weighted by Crippen LogP contribution is -2.45. The van der Waals surface area contributed by atoms with Gasteiger partial charge in [-0.25, -0.2) is 4.98 Å². The molecule has 4 rings (SSSR count). The first kappa shape index (κ1) is 15.3. The standard InChI is InChI=1S/C17H22N2O3S/c20-14(15-4-2-7-22-15)9-12-11-21-8-6-19(12)10-17-18-13-3-1-5-16(13)23-17/h2,4,7,12,14,20H,1,3,5-6,8-11H2. The highest BCUT2D eigenvalue weighted by atomic mass is 32.1. The fourth-order valence-corrected chi connectivity index (χ4v) is 4.64. The number of aryl methyl sites for hydroxylation is 2. The topological polar surface area (TPSA) is 58.7 Å². The van der Waals surface area contributed by atoms with Crippen molar-refractivity contribution in [3.8, 4) is 0 Å². The molecule has 0 radical (unpaired) electrons. The Balaban J connectivity index is 1.42. The highest BCUT2D eigenvalue weighted by Gasteiger charge is 2.28. The molecule has 1 fully saturated rings. The Bertz CT molecular complexity index is 619. The van der Waals surface area contributed by atoms with Crippen LogP contribution < -0.4 is 0 Å². The lowest BCUT2D eigenvalue weighted by atomic mass is 10.1. The number of aromatic nitrogens is 1. The Morgan fingerprint density at radius 3 is 3.22 bits per heavy atom. The number of nitrogens with zero attached hydrogens (tertiary/aromatic N) is 2. The Hall–Kier alpha value is -1.21. The van der Waals surface area contributed by atoms with Crippen molar-refractivity contribution in [1.82, 2.24) is 9.88 Å². The highest BCUT2D eigenvalue weighted by molar-refractivity contribution is 7.11. The second kappa shape index (κ2) is 6.73. The van der Waals surface area contributed by atoms with Crippen molar-refractivity contribution in [1.29, 1.82) is 0 Å². The molecule has 5 nitrogen and oxygen atoms in total. The molecule has 0 amide bonds. The number of aliphatic hydroxyl groups excluding tert-OH is 1. The average Bonchev–Trinajstić information content (AvgIpc) is 3.25. The quantitative estimate of drug-likeness (QED) is 0.911. The van der Waals surface area contributed by atoms with Crippen LogP contribution in [0.4, 0.5) is 0 Å². The van der Waals surface area contributed by atoms with Crippen LogP contribution in [0, 0.1) is 0 Å². The zero-order valence-electron chi connectivity index (χ0n) is 13.1. The van der Waals surface area contributed by atoms with E-state index in [1.165, 1.54) is 28.4 Å². The third-order valence-corrected chi connectivity index (χ3v) is 5.84. The van der Waals surface area contributed by atoms with Crippen LogP contribution in [-0.4, -0.2) is 40.8 Å². The zero-order valence-corrected chi connectivity index (χ0v) is 13.9. The van der Waals surface area contributed by atoms with Crippen molar-refractivity contribution in [2.75, 3.05) is 19.8 Å². The van der Waals surface area contributed by atoms with Crippen LogP contribution in [0.2, 0.25) is 0 Å². The molecule has 2 aromatic rings. The predicted octanol–water partition coefficient (Wildman–Crippen LogP) is 2.55. The number of ether oxygens (including phenoxy) is 1. The van der Waals surface area contributed by atoms with Gasteiger partial charge in [0.25, 0.3) is 0 Å². The number of aliphatic hydroxyl groups is 1. The molecular weight excluding hydrogens is 312 g/mol. The van der Waals surface area contributed by atoms with E-state index in [-0.39, 0.29) is 6.04 Å². The minimum atomic E-state index is -0.583. The van der Waals surface area contributed by atoms with Gasteiger partial charge in [0.15, 0.2) is 0 Å². The van der Waals surface area contributed by atoms with Gasteiger partial charge in [0.1, 0.15) is 16.9 Å². The van der Waals surface area contributed by atoms with E-state index in [2.05, 4.69) is 4.90 Å². The minimum Gasteiger partial charge on any atom is -0.467 e. The number of hydrogen-bond donors (Lipinski definition) is 1. The van der Waals surface area contributed by atoms with Crippen molar-refractivity contribution in [2.24, 2.45) is 0 Å². The van der Waals surface area contributed by atoms with Crippen LogP contribution in [0.5, 0.6) is 0 Å². The van der Waals surface area contributed by atoms with Crippen LogP contribution >= 0.6 is 11.3 Å². The molecular formula is C17H22N2O3S. The van der Waals surface area contributed by atoms with E-state index in [9.17, 15) is 5.11 Å². The SMILES string of the molecule is OC(CC1COCCN1Cc1nc2c(s1)CCC2)c1ccco1. The van der Waals surface area contributed by atoms with Crippen LogP contribution in [-0.2, 0) is 24.1 Å². The maximum Gasteiger partial charge on any atom is 0.132 e. The van der Waals surface area contributed by atoms with E-state index < -0.39 is 6.10 Å². The second-order valence-corrected chi connectivity index (χ2v) is 7.47. The Kier molecular flexibility index (Phi) is 4.48. The van der Waals surface area contributed by atoms with Crippen LogP contribution in [0.1, 0.15) is 40.3 Å². The normalized spacial score (nSPS) is 23.1. The fraction of sp³-hybridized carbons (Fsp3) is 0.588. The molecule has 0 spiro atoms. The smallest absolute Gasteiger partial charge is 0.132 e. The number of rotatable bonds is 5. The van der Waals surface area contributed by atoms with Gasteiger partial charge >= 0.3 is 0 Å². The van der Waals surface area contributed by atoms with E-state index in [4.69, 9.17) is 14.1 Å². The lowest BCUT2D eigenvalue weighted by Gasteiger charge is -2.35. The monoisotopic (exact) mass is 334 g/mol. The maximum atomic E-state index is 10.4. The van der Waals surface area contributed by atoms with E-state index in [0.717, 1.165) is 26.1 Å². The molecule has 2 aromatic heterocycles. The van der Waals surface area contributed by atoms with Gasteiger partial charge in [0, 0.05) is 17.5 Å². The van der Waals surface area contributed by atoms with Crippen LogP contribution in [0.25, 0.3) is 0 Å². The van der Waals surface area contributed by atoms with Gasteiger partial charge < -0.3 is 14.3 Å². The van der Waals surface area contributed by atoms with Gasteiger partial charge in [-0.2, -0.15) is 0 Å². The molecule has 124 valence electrons. The summed E-state index contributed by atoms with van der Waals surface area (Å²) < 4.78 is 10.9. The first-order valence-corrected chi connectivity index (χ1v) is 9.12. The summed E-state index contributed by atoms with van der Waals surface area (Å²) in [6.07, 6.45) is 5.22. The molecule has 0 bridgehead atoms. The molecule has 1 N–H and O–H groups in total. The van der Waals surface area contributed by atoms with Crippen molar-refractivity contribution < 1.29 is 14.3 Å². The molecule has 0 saturated carbocycles. The maximum absolute atomic E-state index is 10.4. The summed E-state index contributed by atoms with van der Waals surface area (Å²) in [6, 6.07) is 3.83. The summed E-state index contributed by atoms with van der Waals surface area (Å²) in [5, 5.41) is 11.6. The summed E-state index contributed by atoms with van der Waals surface area (Å²) in [6.45, 7) is 3.15. The number of thiazole rings is 1. The van der Waals surface area contributed by atoms with Crippen LogP contribution in [0.15, 0.2) is 22.8 Å². The van der Waals surface area contributed by atoms with Gasteiger partial charge in [-0.15, -0.1) is 11.3 Å². The summed E-state index contributed by atoms with van der Waals surface area (Å²) in [5.74, 6) is 0.628. The Labute approximate surface area is 139 Å². The second-order valence-electron chi connectivity index (χ2n) is 6.30. The molecule has 23 heavy (non-hydrogen) atoms. The number of fused-ring (bicyclic) bond motifs is 1. The van der Waals surface area contributed by atoms with Crippen LogP contribution in [0.3, 0.4) is 0 Å². The van der Waals surface area contributed by atoms with Crippen molar-refractivity contribution in [3.63, 3.8) is 0 Å². The largest absolute Gasteiger partial charge is 0.467 e. The lowest BCUT2D eigenvalue weighted by molar-refractivity contribution is -0.0323. The molecule has 3 heterocycles.